The first-order valence-electron chi connectivity index (χ1n) is 19.1. The zero-order valence-electron chi connectivity index (χ0n) is 32.3. The summed E-state index contributed by atoms with van der Waals surface area (Å²) in [6.07, 6.45) is 0. The van der Waals surface area contributed by atoms with Crippen LogP contribution in [0.4, 0.5) is 34.1 Å². The Morgan fingerprint density at radius 2 is 1.17 bits per heavy atom. The van der Waals surface area contributed by atoms with E-state index in [-0.39, 0.29) is 17.5 Å². The van der Waals surface area contributed by atoms with E-state index in [9.17, 15) is 0 Å². The lowest BCUT2D eigenvalue weighted by Gasteiger charge is -2.43. The van der Waals surface area contributed by atoms with Crippen LogP contribution in [-0.4, -0.2) is 33.1 Å². The molecule has 5 heterocycles. The largest absolute Gasteiger partial charge is 0.486 e. The van der Waals surface area contributed by atoms with Crippen LogP contribution in [0.2, 0.25) is 0 Å². The summed E-state index contributed by atoms with van der Waals surface area (Å²) >= 11 is 0. The van der Waals surface area contributed by atoms with E-state index in [1.54, 1.807) is 0 Å². The summed E-state index contributed by atoms with van der Waals surface area (Å²) in [5, 5.41) is 1.11. The van der Waals surface area contributed by atoms with Gasteiger partial charge in [-0.15, -0.1) is 0 Å². The van der Waals surface area contributed by atoms with Crippen molar-refractivity contribution in [2.75, 3.05) is 36.2 Å². The Hall–Kier alpha value is -5.50. The van der Waals surface area contributed by atoms with Crippen LogP contribution in [-0.2, 0) is 10.8 Å². The van der Waals surface area contributed by atoms with Gasteiger partial charge < -0.3 is 33.2 Å². The molecule has 0 amide bonds. The normalized spacial score (nSPS) is 15.6. The monoisotopic (exact) mass is 716 g/mol. The maximum atomic E-state index is 7.16. The second-order valence-electron chi connectivity index (χ2n) is 17.2. The minimum Gasteiger partial charge on any atom is -0.486 e. The molecule has 272 valence electrons. The van der Waals surface area contributed by atoms with Crippen molar-refractivity contribution in [3.63, 3.8) is 0 Å². The van der Waals surface area contributed by atoms with Crippen molar-refractivity contribution in [2.45, 2.75) is 66.2 Å². The summed E-state index contributed by atoms with van der Waals surface area (Å²) in [4.78, 5) is 4.83. The van der Waals surface area contributed by atoms with Crippen LogP contribution in [0.15, 0.2) is 83.3 Å². The van der Waals surface area contributed by atoms with Crippen molar-refractivity contribution >= 4 is 68.4 Å². The number of nitrogens with zero attached hydrogens (tertiary/aromatic N) is 2. The van der Waals surface area contributed by atoms with Crippen LogP contribution >= 0.6 is 0 Å². The summed E-state index contributed by atoms with van der Waals surface area (Å²) in [6.45, 7) is 20.0. The van der Waals surface area contributed by atoms with Gasteiger partial charge in [-0.3, -0.25) is 0 Å². The van der Waals surface area contributed by atoms with Crippen molar-refractivity contribution in [3.8, 4) is 23.0 Å². The lowest BCUT2D eigenvalue weighted by molar-refractivity contribution is 0.171. The lowest BCUT2D eigenvalue weighted by atomic mass is 9.35. The molecular weight excluding hydrogens is 671 g/mol. The summed E-state index contributed by atoms with van der Waals surface area (Å²) < 4.78 is 31.7. The van der Waals surface area contributed by atoms with Crippen molar-refractivity contribution in [1.82, 2.24) is 0 Å². The third-order valence-corrected chi connectivity index (χ3v) is 11.5. The van der Waals surface area contributed by atoms with Crippen molar-refractivity contribution in [1.29, 1.82) is 0 Å². The summed E-state index contributed by atoms with van der Waals surface area (Å²) in [5.74, 6) is 2.99. The molecule has 0 saturated heterocycles. The SMILES string of the molecule is Cc1cc(C(C)(C)C)cc(C)c1N1c2cccc3c2B(c2cc4c(cc2N3c2ccc3c(c2)OCCO3)OCCO4)c2oc3ccc(C(C)(C)C)cc3c21. The Kier molecular flexibility index (Phi) is 7.05. The van der Waals surface area contributed by atoms with E-state index in [1.807, 2.05) is 6.07 Å². The molecule has 10 rings (SSSR count). The standard InChI is InChI=1S/C46H45BN2O5/c1-26-20-29(46(6,7)8)21-27(2)42(26)49-34-11-9-10-33-41(34)47(44-43(49)31-22-28(45(3,4)5)12-14-36(31)54-44)32-24-39-40(53-19-18-52-39)25-35(32)48(33)30-13-15-37-38(23-30)51-17-16-50-37/h9-15,20-25H,16-19H2,1-8H3. The number of rotatable bonds is 2. The van der Waals surface area contributed by atoms with E-state index in [4.69, 9.17) is 23.4 Å². The van der Waals surface area contributed by atoms with E-state index in [0.29, 0.717) is 26.4 Å². The molecule has 0 atom stereocenters. The van der Waals surface area contributed by atoms with Gasteiger partial charge in [0.15, 0.2) is 23.0 Å². The smallest absolute Gasteiger partial charge is 0.297 e. The average Bonchev–Trinajstić information content (AvgIpc) is 3.52. The molecule has 0 bridgehead atoms. The third kappa shape index (κ3) is 4.88. The van der Waals surface area contributed by atoms with Gasteiger partial charge in [0, 0.05) is 34.6 Å². The predicted octanol–water partition coefficient (Wildman–Crippen LogP) is 9.27. The van der Waals surface area contributed by atoms with Gasteiger partial charge in [-0.2, -0.15) is 0 Å². The van der Waals surface area contributed by atoms with Crippen molar-refractivity contribution < 1.29 is 23.4 Å². The van der Waals surface area contributed by atoms with Crippen molar-refractivity contribution in [3.05, 3.63) is 101 Å². The highest BCUT2D eigenvalue weighted by molar-refractivity contribution is 7.00. The molecule has 4 aliphatic heterocycles. The Morgan fingerprint density at radius 1 is 0.556 bits per heavy atom. The van der Waals surface area contributed by atoms with Gasteiger partial charge in [0.1, 0.15) is 32.0 Å². The van der Waals surface area contributed by atoms with E-state index >= 15 is 0 Å². The predicted molar refractivity (Wildman–Crippen MR) is 219 cm³/mol. The maximum Gasteiger partial charge on any atom is 0.297 e. The number of hydrogen-bond acceptors (Lipinski definition) is 7. The molecule has 0 spiro atoms. The maximum absolute atomic E-state index is 7.16. The highest BCUT2D eigenvalue weighted by Crippen LogP contribution is 2.51. The van der Waals surface area contributed by atoms with E-state index in [2.05, 4.69) is 138 Å². The topological polar surface area (TPSA) is 56.5 Å². The number of anilines is 6. The Morgan fingerprint density at radius 3 is 1.83 bits per heavy atom. The fourth-order valence-corrected chi connectivity index (χ4v) is 8.84. The first-order valence-corrected chi connectivity index (χ1v) is 19.1. The molecule has 5 aromatic carbocycles. The molecule has 0 aliphatic carbocycles. The van der Waals surface area contributed by atoms with E-state index in [1.165, 1.54) is 33.4 Å². The molecule has 6 aromatic rings. The van der Waals surface area contributed by atoms with Crippen LogP contribution < -0.4 is 45.3 Å². The highest BCUT2D eigenvalue weighted by Gasteiger charge is 2.48. The van der Waals surface area contributed by atoms with Crippen LogP contribution in [0.1, 0.15) is 63.8 Å². The van der Waals surface area contributed by atoms with Crippen LogP contribution in [0.3, 0.4) is 0 Å². The Labute approximate surface area is 317 Å². The Balaban J connectivity index is 1.30. The van der Waals surface area contributed by atoms with Gasteiger partial charge in [0.25, 0.3) is 6.71 Å². The minimum atomic E-state index is -0.207. The number of benzene rings is 5. The van der Waals surface area contributed by atoms with Crippen molar-refractivity contribution in [2.24, 2.45) is 0 Å². The molecule has 8 heteroatoms. The van der Waals surface area contributed by atoms with Gasteiger partial charge in [0.2, 0.25) is 0 Å². The minimum absolute atomic E-state index is 0.0147. The molecule has 0 N–H and O–H groups in total. The zero-order valence-corrected chi connectivity index (χ0v) is 32.3. The lowest BCUT2D eigenvalue weighted by Crippen LogP contribution is -2.61. The second-order valence-corrected chi connectivity index (χ2v) is 17.2. The highest BCUT2D eigenvalue weighted by atomic mass is 16.6. The number of ether oxygens (including phenoxy) is 4. The number of aryl methyl sites for hydroxylation is 2. The second kappa shape index (κ2) is 11.5. The first-order chi connectivity index (χ1) is 25.9. The summed E-state index contributed by atoms with van der Waals surface area (Å²) in [7, 11) is 0. The molecule has 0 fully saturated rings. The zero-order chi connectivity index (χ0) is 37.3. The molecule has 7 nitrogen and oxygen atoms in total. The Bertz CT molecular complexity index is 2520. The van der Waals surface area contributed by atoms with Crippen LogP contribution in [0.25, 0.3) is 11.0 Å². The average molecular weight is 717 g/mol. The number of furan rings is 1. The molecule has 1 aromatic heterocycles. The molecule has 54 heavy (non-hydrogen) atoms. The molecule has 0 saturated carbocycles. The molecular formula is C46H45BN2O5. The van der Waals surface area contributed by atoms with Gasteiger partial charge in [0.05, 0.1) is 22.7 Å². The number of fused-ring (bicyclic) bond motifs is 8. The van der Waals surface area contributed by atoms with Gasteiger partial charge in [-0.1, -0.05) is 65.8 Å². The summed E-state index contributed by atoms with van der Waals surface area (Å²) in [5.41, 5.74) is 15.6. The summed E-state index contributed by atoms with van der Waals surface area (Å²) in [6, 6.07) is 28.7. The fourth-order valence-electron chi connectivity index (χ4n) is 8.84. The van der Waals surface area contributed by atoms with E-state index in [0.717, 1.165) is 73.5 Å². The quantitative estimate of drug-likeness (QED) is 0.165. The molecule has 0 radical (unpaired) electrons. The van der Waals surface area contributed by atoms with Crippen LogP contribution in [0, 0.1) is 13.8 Å². The first kappa shape index (κ1) is 33.1. The van der Waals surface area contributed by atoms with Crippen LogP contribution in [0.5, 0.6) is 23.0 Å². The molecule has 4 aliphatic rings. The van der Waals surface area contributed by atoms with Gasteiger partial charge in [-0.25, -0.2) is 0 Å². The fraction of sp³-hybridized carbons (Fsp3) is 0.304. The van der Waals surface area contributed by atoms with E-state index < -0.39 is 0 Å². The van der Waals surface area contributed by atoms with Gasteiger partial charge in [-0.05, 0) is 100 Å². The number of hydrogen-bond donors (Lipinski definition) is 0. The third-order valence-electron chi connectivity index (χ3n) is 11.5. The van der Waals surface area contributed by atoms with Gasteiger partial charge >= 0.3 is 0 Å². The molecule has 0 unspecified atom stereocenters.